The molecule has 0 amide bonds. The molecule has 0 saturated carbocycles. The second kappa shape index (κ2) is 10.0. The molecule has 3 rings (SSSR count). The Hall–Kier alpha value is -1.90. The Labute approximate surface area is 165 Å². The number of benzene rings is 1. The largest absolute Gasteiger partial charge is 0.394 e. The van der Waals surface area contributed by atoms with Crippen LogP contribution in [-0.2, 0) is 17.7 Å². The molecule has 7 heteroatoms. The average Bonchev–Trinajstić information content (AvgIpc) is 3.04. The lowest BCUT2D eigenvalue weighted by molar-refractivity contribution is -0.0213. The molecule has 6 nitrogen and oxygen atoms in total. The molecule has 1 aromatic heterocycles. The molecular formula is C21H28FN3O3. The summed E-state index contributed by atoms with van der Waals surface area (Å²) < 4.78 is 18.9. The highest BCUT2D eigenvalue weighted by molar-refractivity contribution is 5.15. The number of hydrogen-bond donors (Lipinski definition) is 3. The van der Waals surface area contributed by atoms with E-state index in [9.17, 15) is 14.6 Å². The van der Waals surface area contributed by atoms with E-state index in [0.29, 0.717) is 19.6 Å². The van der Waals surface area contributed by atoms with Crippen LogP contribution in [0.15, 0.2) is 48.7 Å². The van der Waals surface area contributed by atoms with Gasteiger partial charge in [0.1, 0.15) is 18.0 Å². The van der Waals surface area contributed by atoms with Crippen molar-refractivity contribution in [3.05, 3.63) is 65.7 Å². The minimum atomic E-state index is -0.767. The zero-order valence-electron chi connectivity index (χ0n) is 16.0. The number of nitrogens with one attached hydrogen (secondary N) is 1. The SMILES string of the molecule is CN(CCc1ccccn1)[C@H]1[C@H](O)[C@H](CO)O[C@@H]1CNCc1ccc(F)cc1. The average molecular weight is 389 g/mol. The summed E-state index contributed by atoms with van der Waals surface area (Å²) in [7, 11) is 1.95. The molecule has 1 aromatic carbocycles. The van der Waals surface area contributed by atoms with E-state index in [1.807, 2.05) is 25.2 Å². The summed E-state index contributed by atoms with van der Waals surface area (Å²) in [6.07, 6.45) is 0.907. The number of halogens is 1. The summed E-state index contributed by atoms with van der Waals surface area (Å²) in [6, 6.07) is 11.9. The monoisotopic (exact) mass is 389 g/mol. The third-order valence-corrected chi connectivity index (χ3v) is 5.18. The van der Waals surface area contributed by atoms with Crippen LogP contribution in [0.4, 0.5) is 4.39 Å². The zero-order valence-corrected chi connectivity index (χ0v) is 16.0. The summed E-state index contributed by atoms with van der Waals surface area (Å²) in [4.78, 5) is 6.41. The number of aliphatic hydroxyl groups is 2. The van der Waals surface area contributed by atoms with Gasteiger partial charge in [-0.15, -0.1) is 0 Å². The Morgan fingerprint density at radius 1 is 1.18 bits per heavy atom. The van der Waals surface area contributed by atoms with Gasteiger partial charge in [0.15, 0.2) is 0 Å². The molecule has 2 heterocycles. The minimum Gasteiger partial charge on any atom is -0.394 e. The van der Waals surface area contributed by atoms with Crippen LogP contribution in [0.25, 0.3) is 0 Å². The van der Waals surface area contributed by atoms with Crippen molar-refractivity contribution >= 4 is 0 Å². The normalized spacial score (nSPS) is 24.8. The van der Waals surface area contributed by atoms with Gasteiger partial charge in [-0.3, -0.25) is 9.88 Å². The van der Waals surface area contributed by atoms with Crippen molar-refractivity contribution in [1.82, 2.24) is 15.2 Å². The van der Waals surface area contributed by atoms with Crippen molar-refractivity contribution in [3.8, 4) is 0 Å². The van der Waals surface area contributed by atoms with E-state index in [4.69, 9.17) is 4.74 Å². The molecule has 0 unspecified atom stereocenters. The van der Waals surface area contributed by atoms with Gasteiger partial charge >= 0.3 is 0 Å². The first kappa shape index (κ1) is 20.8. The van der Waals surface area contributed by atoms with Gasteiger partial charge in [0.2, 0.25) is 0 Å². The second-order valence-corrected chi connectivity index (χ2v) is 7.19. The van der Waals surface area contributed by atoms with Crippen LogP contribution in [0, 0.1) is 5.82 Å². The third kappa shape index (κ3) is 5.33. The van der Waals surface area contributed by atoms with Gasteiger partial charge in [0.05, 0.1) is 18.8 Å². The van der Waals surface area contributed by atoms with Crippen LogP contribution in [0.2, 0.25) is 0 Å². The molecule has 1 aliphatic rings. The van der Waals surface area contributed by atoms with Gasteiger partial charge in [-0.1, -0.05) is 18.2 Å². The van der Waals surface area contributed by atoms with E-state index in [1.54, 1.807) is 18.3 Å². The fraction of sp³-hybridized carbons (Fsp3) is 0.476. The van der Waals surface area contributed by atoms with Gasteiger partial charge in [-0.05, 0) is 36.9 Å². The molecule has 1 fully saturated rings. The number of pyridine rings is 1. The Morgan fingerprint density at radius 3 is 2.64 bits per heavy atom. The molecule has 0 aliphatic carbocycles. The van der Waals surface area contributed by atoms with Crippen molar-refractivity contribution < 1.29 is 19.3 Å². The minimum absolute atomic E-state index is 0.222. The molecule has 1 saturated heterocycles. The maximum atomic E-state index is 13.0. The highest BCUT2D eigenvalue weighted by atomic mass is 19.1. The summed E-state index contributed by atoms with van der Waals surface area (Å²) in [5.74, 6) is -0.258. The number of aliphatic hydroxyl groups excluding tert-OH is 2. The van der Waals surface area contributed by atoms with Crippen molar-refractivity contribution in [2.24, 2.45) is 0 Å². The summed E-state index contributed by atoms with van der Waals surface area (Å²) in [5, 5.41) is 23.5. The second-order valence-electron chi connectivity index (χ2n) is 7.19. The van der Waals surface area contributed by atoms with Crippen molar-refractivity contribution in [3.63, 3.8) is 0 Å². The van der Waals surface area contributed by atoms with Crippen LogP contribution in [0.1, 0.15) is 11.3 Å². The number of rotatable bonds is 9. The highest BCUT2D eigenvalue weighted by Gasteiger charge is 2.44. The third-order valence-electron chi connectivity index (χ3n) is 5.18. The standard InChI is InChI=1S/C21H28FN3O3/c1-25(11-9-17-4-2-3-10-24-17)20-18(28-19(14-26)21(20)27)13-23-12-15-5-7-16(22)8-6-15/h2-8,10,18-21,23,26-27H,9,11-14H2,1H3/t18-,19+,20-,21-/m1/s1. The molecular weight excluding hydrogens is 361 g/mol. The number of nitrogens with zero attached hydrogens (tertiary/aromatic N) is 2. The first-order valence-electron chi connectivity index (χ1n) is 9.58. The molecule has 0 radical (unpaired) electrons. The Kier molecular flexibility index (Phi) is 7.47. The van der Waals surface area contributed by atoms with E-state index in [1.165, 1.54) is 12.1 Å². The van der Waals surface area contributed by atoms with Crippen LogP contribution in [0.5, 0.6) is 0 Å². The first-order chi connectivity index (χ1) is 13.6. The van der Waals surface area contributed by atoms with E-state index >= 15 is 0 Å². The van der Waals surface area contributed by atoms with Crippen molar-refractivity contribution in [2.45, 2.75) is 37.3 Å². The Balaban J connectivity index is 1.56. The predicted molar refractivity (Wildman–Crippen MR) is 104 cm³/mol. The predicted octanol–water partition coefficient (Wildman–Crippen LogP) is 0.974. The first-order valence-corrected chi connectivity index (χ1v) is 9.58. The summed E-state index contributed by atoms with van der Waals surface area (Å²) in [6.45, 7) is 1.59. The smallest absolute Gasteiger partial charge is 0.123 e. The van der Waals surface area contributed by atoms with Gasteiger partial charge in [0.25, 0.3) is 0 Å². The molecule has 2 aromatic rings. The Morgan fingerprint density at radius 2 is 1.96 bits per heavy atom. The lowest BCUT2D eigenvalue weighted by Crippen LogP contribution is -2.49. The number of likely N-dealkylation sites (N-methyl/N-ethyl adjacent to an activating group) is 1. The molecule has 1 aliphatic heterocycles. The fourth-order valence-electron chi connectivity index (χ4n) is 3.64. The molecule has 0 spiro atoms. The molecule has 4 atom stereocenters. The summed E-state index contributed by atoms with van der Waals surface area (Å²) >= 11 is 0. The van der Waals surface area contributed by atoms with Gasteiger partial charge in [-0.25, -0.2) is 4.39 Å². The molecule has 3 N–H and O–H groups in total. The van der Waals surface area contributed by atoms with Crippen LogP contribution in [-0.4, -0.2) is 71.2 Å². The molecule has 0 bridgehead atoms. The fourth-order valence-corrected chi connectivity index (χ4v) is 3.64. The van der Waals surface area contributed by atoms with Crippen molar-refractivity contribution in [2.75, 3.05) is 26.7 Å². The number of ether oxygens (including phenoxy) is 1. The Bertz CT molecular complexity index is 717. The van der Waals surface area contributed by atoms with Crippen LogP contribution >= 0.6 is 0 Å². The van der Waals surface area contributed by atoms with E-state index in [-0.39, 0.29) is 24.6 Å². The number of aromatic nitrogens is 1. The highest BCUT2D eigenvalue weighted by Crippen LogP contribution is 2.25. The lowest BCUT2D eigenvalue weighted by Gasteiger charge is -2.30. The molecule has 28 heavy (non-hydrogen) atoms. The quantitative estimate of drug-likeness (QED) is 0.593. The van der Waals surface area contributed by atoms with E-state index in [2.05, 4.69) is 15.2 Å². The maximum absolute atomic E-state index is 13.0. The number of hydrogen-bond acceptors (Lipinski definition) is 6. The van der Waals surface area contributed by atoms with Gasteiger partial charge < -0.3 is 20.3 Å². The maximum Gasteiger partial charge on any atom is 0.123 e. The van der Waals surface area contributed by atoms with E-state index < -0.39 is 12.2 Å². The zero-order chi connectivity index (χ0) is 19.9. The molecule has 152 valence electrons. The van der Waals surface area contributed by atoms with Gasteiger partial charge in [-0.2, -0.15) is 0 Å². The topological polar surface area (TPSA) is 77.9 Å². The van der Waals surface area contributed by atoms with Crippen LogP contribution in [0.3, 0.4) is 0 Å². The lowest BCUT2D eigenvalue weighted by atomic mass is 10.0. The van der Waals surface area contributed by atoms with Crippen LogP contribution < -0.4 is 5.32 Å². The summed E-state index contributed by atoms with van der Waals surface area (Å²) in [5.41, 5.74) is 1.96. The van der Waals surface area contributed by atoms with E-state index in [0.717, 1.165) is 17.7 Å². The van der Waals surface area contributed by atoms with Gasteiger partial charge in [0, 0.05) is 37.9 Å². The van der Waals surface area contributed by atoms with Crippen molar-refractivity contribution in [1.29, 1.82) is 0 Å².